The van der Waals surface area contributed by atoms with Crippen LogP contribution in [0.25, 0.3) is 31.5 Å². The molecule has 0 atom stereocenters. The SMILES string of the molecule is O=C([O-])Cc1nc(-c2cc3ccccc3s2)oc1-c1ccc(Cl)s1. The van der Waals surface area contributed by atoms with Crippen LogP contribution in [0, 0.1) is 0 Å². The van der Waals surface area contributed by atoms with E-state index in [9.17, 15) is 9.90 Å². The number of hydrogen-bond acceptors (Lipinski definition) is 6. The first kappa shape index (κ1) is 15.4. The second-order valence-corrected chi connectivity index (χ2v) is 7.89. The van der Waals surface area contributed by atoms with Gasteiger partial charge in [-0.3, -0.25) is 0 Å². The number of thiophene rings is 2. The molecule has 0 fully saturated rings. The fourth-order valence-corrected chi connectivity index (χ4v) is 4.47. The summed E-state index contributed by atoms with van der Waals surface area (Å²) < 4.78 is 7.61. The molecular weight excluding hydrogens is 366 g/mol. The average Bonchev–Trinajstić information content (AvgIpc) is 3.23. The molecule has 0 bridgehead atoms. The van der Waals surface area contributed by atoms with Crippen molar-refractivity contribution in [2.45, 2.75) is 6.42 Å². The molecule has 7 heteroatoms. The van der Waals surface area contributed by atoms with Crippen LogP contribution in [0.1, 0.15) is 5.69 Å². The number of nitrogens with zero attached hydrogens (tertiary/aromatic N) is 1. The molecule has 24 heavy (non-hydrogen) atoms. The number of halogens is 1. The van der Waals surface area contributed by atoms with Crippen molar-refractivity contribution >= 4 is 50.3 Å². The van der Waals surface area contributed by atoms with E-state index in [1.54, 1.807) is 23.5 Å². The van der Waals surface area contributed by atoms with Crippen LogP contribution in [0.4, 0.5) is 0 Å². The summed E-state index contributed by atoms with van der Waals surface area (Å²) in [6.45, 7) is 0. The van der Waals surface area contributed by atoms with Gasteiger partial charge in [-0.2, -0.15) is 0 Å². The lowest BCUT2D eigenvalue weighted by Gasteiger charge is -1.99. The molecule has 3 heterocycles. The van der Waals surface area contributed by atoms with Crippen LogP contribution in [0.3, 0.4) is 0 Å². The predicted molar refractivity (Wildman–Crippen MR) is 94.4 cm³/mol. The first-order chi connectivity index (χ1) is 11.6. The van der Waals surface area contributed by atoms with Crippen LogP contribution in [-0.2, 0) is 11.2 Å². The zero-order valence-corrected chi connectivity index (χ0v) is 14.5. The number of carbonyl (C=O) groups excluding carboxylic acids is 1. The summed E-state index contributed by atoms with van der Waals surface area (Å²) in [6, 6.07) is 13.5. The quantitative estimate of drug-likeness (QED) is 0.536. The van der Waals surface area contributed by atoms with E-state index in [0.717, 1.165) is 19.8 Å². The number of oxazole rings is 1. The van der Waals surface area contributed by atoms with Crippen molar-refractivity contribution in [3.05, 3.63) is 52.5 Å². The van der Waals surface area contributed by atoms with Crippen LogP contribution in [-0.4, -0.2) is 11.0 Å². The third-order valence-corrected chi connectivity index (χ3v) is 5.78. The molecular formula is C17H9ClNO3S2-. The highest BCUT2D eigenvalue weighted by Gasteiger charge is 2.19. The Morgan fingerprint density at radius 3 is 2.71 bits per heavy atom. The maximum Gasteiger partial charge on any atom is 0.237 e. The fourth-order valence-electron chi connectivity index (χ4n) is 2.43. The molecule has 120 valence electrons. The van der Waals surface area contributed by atoms with Gasteiger partial charge in [0, 0.05) is 17.1 Å². The molecule has 1 aromatic carbocycles. The van der Waals surface area contributed by atoms with Crippen LogP contribution in [0.5, 0.6) is 0 Å². The number of carboxylic acid groups (broad SMARTS) is 1. The number of benzene rings is 1. The van der Waals surface area contributed by atoms with Crippen LogP contribution < -0.4 is 5.11 Å². The van der Waals surface area contributed by atoms with Crippen molar-refractivity contribution in [3.63, 3.8) is 0 Å². The van der Waals surface area contributed by atoms with Crippen molar-refractivity contribution < 1.29 is 14.3 Å². The molecule has 4 rings (SSSR count). The Morgan fingerprint density at radius 2 is 2.00 bits per heavy atom. The third kappa shape index (κ3) is 2.84. The van der Waals surface area contributed by atoms with Crippen LogP contribution in [0.15, 0.2) is 46.9 Å². The molecule has 0 saturated carbocycles. The molecule has 3 aromatic heterocycles. The summed E-state index contributed by atoms with van der Waals surface area (Å²) >= 11 is 8.84. The largest absolute Gasteiger partial charge is 0.550 e. The minimum atomic E-state index is -1.20. The average molecular weight is 375 g/mol. The number of aliphatic carboxylic acids is 1. The minimum Gasteiger partial charge on any atom is -0.550 e. The molecule has 0 saturated heterocycles. The maximum absolute atomic E-state index is 11.0. The van der Waals surface area contributed by atoms with Crippen LogP contribution in [0.2, 0.25) is 4.34 Å². The van der Waals surface area contributed by atoms with E-state index in [-0.39, 0.29) is 6.42 Å². The van der Waals surface area contributed by atoms with Gasteiger partial charge in [0.25, 0.3) is 0 Å². The Balaban J connectivity index is 1.84. The number of hydrogen-bond donors (Lipinski definition) is 0. The Kier molecular flexibility index (Phi) is 3.88. The normalized spacial score (nSPS) is 11.2. The van der Waals surface area contributed by atoms with Gasteiger partial charge in [-0.15, -0.1) is 22.7 Å². The van der Waals surface area contributed by atoms with Gasteiger partial charge in [0.05, 0.1) is 19.8 Å². The van der Waals surface area contributed by atoms with Gasteiger partial charge in [0.15, 0.2) is 5.76 Å². The van der Waals surface area contributed by atoms with E-state index in [0.29, 0.717) is 21.7 Å². The standard InChI is InChI=1S/C17H10ClNO3S2/c18-14-6-5-12(24-14)16-10(8-15(20)21)19-17(22-16)13-7-9-3-1-2-4-11(9)23-13/h1-7H,8H2,(H,20,21)/p-1. The number of carbonyl (C=O) groups is 1. The second-order valence-electron chi connectivity index (χ2n) is 5.10. The molecule has 0 radical (unpaired) electrons. The Bertz CT molecular complexity index is 1010. The van der Waals surface area contributed by atoms with Crippen molar-refractivity contribution in [1.29, 1.82) is 0 Å². The van der Waals surface area contributed by atoms with Gasteiger partial charge in [0.1, 0.15) is 0 Å². The van der Waals surface area contributed by atoms with E-state index in [4.69, 9.17) is 16.0 Å². The highest BCUT2D eigenvalue weighted by molar-refractivity contribution is 7.22. The number of rotatable bonds is 4. The van der Waals surface area contributed by atoms with Gasteiger partial charge in [-0.05, 0) is 29.7 Å². The van der Waals surface area contributed by atoms with Gasteiger partial charge in [0.2, 0.25) is 5.89 Å². The summed E-state index contributed by atoms with van der Waals surface area (Å²) in [5, 5.41) is 12.1. The topological polar surface area (TPSA) is 66.2 Å². The zero-order valence-electron chi connectivity index (χ0n) is 12.1. The first-order valence-corrected chi connectivity index (χ1v) is 9.05. The van der Waals surface area contributed by atoms with Gasteiger partial charge in [-0.1, -0.05) is 29.8 Å². The van der Waals surface area contributed by atoms with Crippen molar-refractivity contribution in [1.82, 2.24) is 4.98 Å². The molecule has 0 amide bonds. The molecule has 0 aliphatic carbocycles. The smallest absolute Gasteiger partial charge is 0.237 e. The highest BCUT2D eigenvalue weighted by Crippen LogP contribution is 2.39. The summed E-state index contributed by atoms with van der Waals surface area (Å²) in [5.74, 6) is -0.356. The monoisotopic (exact) mass is 374 g/mol. The molecule has 0 unspecified atom stereocenters. The Hall–Kier alpha value is -2.15. The lowest BCUT2D eigenvalue weighted by molar-refractivity contribution is -0.304. The van der Waals surface area contributed by atoms with E-state index in [2.05, 4.69) is 4.98 Å². The summed E-state index contributed by atoms with van der Waals surface area (Å²) in [5.41, 5.74) is 0.348. The Morgan fingerprint density at radius 1 is 1.17 bits per heavy atom. The van der Waals surface area contributed by atoms with E-state index in [1.165, 1.54) is 11.3 Å². The van der Waals surface area contributed by atoms with Crippen molar-refractivity contribution in [3.8, 4) is 21.4 Å². The van der Waals surface area contributed by atoms with Crippen molar-refractivity contribution in [2.75, 3.05) is 0 Å². The second kappa shape index (κ2) is 6.05. The Labute approximate surface area is 150 Å². The van der Waals surface area contributed by atoms with Crippen molar-refractivity contribution in [2.24, 2.45) is 0 Å². The van der Waals surface area contributed by atoms with E-state index in [1.807, 2.05) is 30.3 Å². The fraction of sp³-hybridized carbons (Fsp3) is 0.0588. The summed E-state index contributed by atoms with van der Waals surface area (Å²) in [7, 11) is 0. The zero-order chi connectivity index (χ0) is 16.7. The lowest BCUT2D eigenvalue weighted by Crippen LogP contribution is -2.24. The maximum atomic E-state index is 11.0. The number of fused-ring (bicyclic) bond motifs is 1. The number of carboxylic acids is 1. The molecule has 0 spiro atoms. The molecule has 0 aliphatic heterocycles. The van der Waals surface area contributed by atoms with Gasteiger partial charge >= 0.3 is 0 Å². The molecule has 0 N–H and O–H groups in total. The van der Waals surface area contributed by atoms with E-state index < -0.39 is 5.97 Å². The predicted octanol–water partition coefficient (Wildman–Crippen LogP) is 4.23. The van der Waals surface area contributed by atoms with Crippen LogP contribution >= 0.6 is 34.3 Å². The number of aromatic nitrogens is 1. The van der Waals surface area contributed by atoms with E-state index >= 15 is 0 Å². The minimum absolute atomic E-state index is 0.306. The molecule has 4 aromatic rings. The third-order valence-electron chi connectivity index (χ3n) is 3.44. The van der Waals surface area contributed by atoms with Gasteiger partial charge in [-0.25, -0.2) is 4.98 Å². The highest BCUT2D eigenvalue weighted by atomic mass is 35.5. The summed E-state index contributed by atoms with van der Waals surface area (Å²) in [4.78, 5) is 17.0. The molecule has 0 aliphatic rings. The summed E-state index contributed by atoms with van der Waals surface area (Å²) in [6.07, 6.45) is -0.306. The first-order valence-electron chi connectivity index (χ1n) is 7.04. The molecule has 4 nitrogen and oxygen atoms in total. The van der Waals surface area contributed by atoms with Gasteiger partial charge < -0.3 is 14.3 Å². The lowest BCUT2D eigenvalue weighted by atomic mass is 10.2.